The van der Waals surface area contributed by atoms with Crippen molar-refractivity contribution < 1.29 is 18.8 Å². The van der Waals surface area contributed by atoms with E-state index >= 15 is 0 Å². The first-order valence-corrected chi connectivity index (χ1v) is 8.60. The molecule has 0 aliphatic carbocycles. The molecule has 2 aromatic rings. The van der Waals surface area contributed by atoms with Gasteiger partial charge in [-0.3, -0.25) is 4.79 Å². The summed E-state index contributed by atoms with van der Waals surface area (Å²) >= 11 is 0. The molecule has 0 spiro atoms. The van der Waals surface area contributed by atoms with Gasteiger partial charge in [0.05, 0.1) is 25.6 Å². The number of carbonyl (C=O) groups excluding carboxylic acids is 1. The fourth-order valence-corrected chi connectivity index (χ4v) is 3.46. The van der Waals surface area contributed by atoms with Gasteiger partial charge in [0.1, 0.15) is 12.1 Å². The summed E-state index contributed by atoms with van der Waals surface area (Å²) in [6.45, 7) is 6.92. The van der Waals surface area contributed by atoms with Gasteiger partial charge in [-0.2, -0.15) is 0 Å². The van der Waals surface area contributed by atoms with Gasteiger partial charge in [0.25, 0.3) is 0 Å². The normalized spacial score (nSPS) is 20.9. The zero-order valence-electron chi connectivity index (χ0n) is 14.3. The van der Waals surface area contributed by atoms with Gasteiger partial charge in [-0.1, -0.05) is 11.6 Å². The lowest BCUT2D eigenvalue weighted by molar-refractivity contribution is -0.919. The van der Waals surface area contributed by atoms with Gasteiger partial charge in [-0.25, -0.2) is 4.79 Å². The van der Waals surface area contributed by atoms with E-state index in [2.05, 4.69) is 6.07 Å². The van der Waals surface area contributed by atoms with Crippen LogP contribution in [0.25, 0.3) is 11.0 Å². The average Bonchev–Trinajstić information content (AvgIpc) is 2.56. The number of piperidine rings is 1. The number of likely N-dealkylation sites (tertiary alicyclic amines) is 1. The quantitative estimate of drug-likeness (QED) is 0.681. The highest BCUT2D eigenvalue weighted by atomic mass is 16.5. The van der Waals surface area contributed by atoms with E-state index in [1.807, 2.05) is 26.0 Å². The molecule has 0 saturated carbocycles. The maximum absolute atomic E-state index is 11.8. The summed E-state index contributed by atoms with van der Waals surface area (Å²) in [7, 11) is 0. The van der Waals surface area contributed by atoms with Crippen molar-refractivity contribution in [3.8, 4) is 0 Å². The minimum atomic E-state index is -0.304. The second-order valence-corrected chi connectivity index (χ2v) is 6.54. The lowest BCUT2D eigenvalue weighted by Gasteiger charge is -2.28. The molecule has 1 aliphatic heterocycles. The van der Waals surface area contributed by atoms with E-state index in [-0.39, 0.29) is 17.5 Å². The third-order valence-corrected chi connectivity index (χ3v) is 4.74. The number of quaternary nitrogens is 1. The summed E-state index contributed by atoms with van der Waals surface area (Å²) in [6.07, 6.45) is 1.68. The molecular formula is C19H24NO4+. The van der Waals surface area contributed by atoms with E-state index < -0.39 is 0 Å². The van der Waals surface area contributed by atoms with Crippen LogP contribution < -0.4 is 10.5 Å². The third-order valence-electron chi connectivity index (χ3n) is 4.74. The Morgan fingerprint density at radius 3 is 2.75 bits per heavy atom. The number of hydrogen-bond acceptors (Lipinski definition) is 4. The lowest BCUT2D eigenvalue weighted by atomic mass is 9.96. The van der Waals surface area contributed by atoms with Crippen LogP contribution in [0.15, 0.2) is 33.5 Å². The SMILES string of the molecule is CCOC(=O)C1CC[NH+](Cc2cc(=O)oc3ccc(C)cc23)CC1. The molecular weight excluding hydrogens is 306 g/mol. The van der Waals surface area contributed by atoms with Crippen molar-refractivity contribution in [3.63, 3.8) is 0 Å². The van der Waals surface area contributed by atoms with Gasteiger partial charge in [0.2, 0.25) is 0 Å². The molecule has 1 aliphatic rings. The van der Waals surface area contributed by atoms with Crippen LogP contribution in [0.4, 0.5) is 0 Å². The van der Waals surface area contributed by atoms with Crippen LogP contribution in [0.2, 0.25) is 0 Å². The Hall–Kier alpha value is -2.14. The van der Waals surface area contributed by atoms with Crippen molar-refractivity contribution in [2.24, 2.45) is 5.92 Å². The number of carbonyl (C=O) groups is 1. The van der Waals surface area contributed by atoms with Crippen LogP contribution in [0.3, 0.4) is 0 Å². The summed E-state index contributed by atoms with van der Waals surface area (Å²) in [5.74, 6) is -0.0495. The second-order valence-electron chi connectivity index (χ2n) is 6.54. The Kier molecular flexibility index (Phi) is 5.00. The Bertz CT molecular complexity index is 788. The van der Waals surface area contributed by atoms with Crippen LogP contribution in [0.1, 0.15) is 30.9 Å². The molecule has 1 saturated heterocycles. The first-order chi connectivity index (χ1) is 11.6. The average molecular weight is 330 g/mol. The van der Waals surface area contributed by atoms with E-state index in [4.69, 9.17) is 9.15 Å². The minimum absolute atomic E-state index is 0.0218. The summed E-state index contributed by atoms with van der Waals surface area (Å²) < 4.78 is 10.4. The fraction of sp³-hybridized carbons (Fsp3) is 0.474. The van der Waals surface area contributed by atoms with E-state index in [9.17, 15) is 9.59 Å². The van der Waals surface area contributed by atoms with Gasteiger partial charge in [0.15, 0.2) is 0 Å². The molecule has 0 amide bonds. The van der Waals surface area contributed by atoms with Crippen molar-refractivity contribution in [3.05, 3.63) is 45.8 Å². The maximum Gasteiger partial charge on any atom is 0.336 e. The van der Waals surface area contributed by atoms with Crippen molar-refractivity contribution in [2.45, 2.75) is 33.2 Å². The fourth-order valence-electron chi connectivity index (χ4n) is 3.46. The van der Waals surface area contributed by atoms with Crippen LogP contribution in [-0.4, -0.2) is 25.7 Å². The van der Waals surface area contributed by atoms with Gasteiger partial charge >= 0.3 is 11.6 Å². The molecule has 1 fully saturated rings. The summed E-state index contributed by atoms with van der Waals surface area (Å²) in [5, 5.41) is 1.01. The monoisotopic (exact) mass is 330 g/mol. The zero-order chi connectivity index (χ0) is 17.1. The molecule has 0 unspecified atom stereocenters. The van der Waals surface area contributed by atoms with Crippen molar-refractivity contribution >= 4 is 16.9 Å². The van der Waals surface area contributed by atoms with E-state index in [0.29, 0.717) is 12.2 Å². The Morgan fingerprint density at radius 2 is 2.04 bits per heavy atom. The summed E-state index contributed by atoms with van der Waals surface area (Å²) in [4.78, 5) is 25.0. The van der Waals surface area contributed by atoms with Gasteiger partial charge in [0, 0.05) is 29.9 Å². The largest absolute Gasteiger partial charge is 0.466 e. The number of benzene rings is 1. The molecule has 5 nitrogen and oxygen atoms in total. The van der Waals surface area contributed by atoms with Crippen LogP contribution >= 0.6 is 0 Å². The highest BCUT2D eigenvalue weighted by Gasteiger charge is 2.28. The van der Waals surface area contributed by atoms with E-state index in [0.717, 1.165) is 49.0 Å². The Labute approximate surface area is 141 Å². The highest BCUT2D eigenvalue weighted by Crippen LogP contribution is 2.18. The third kappa shape index (κ3) is 3.67. The standard InChI is InChI=1S/C19H23NO4/c1-3-23-19(22)14-6-8-20(9-7-14)12-15-11-18(21)24-17-5-4-13(2)10-16(15)17/h4-5,10-11,14H,3,6-9,12H2,1-2H3/p+1. The first kappa shape index (κ1) is 16.7. The number of aryl methyl sites for hydroxylation is 1. The minimum Gasteiger partial charge on any atom is -0.466 e. The van der Waals surface area contributed by atoms with Crippen molar-refractivity contribution in [1.82, 2.24) is 0 Å². The molecule has 24 heavy (non-hydrogen) atoms. The predicted octanol–water partition coefficient (Wildman–Crippen LogP) is 1.46. The summed E-state index contributed by atoms with van der Waals surface area (Å²) in [5.41, 5.74) is 2.51. The molecule has 2 heterocycles. The number of rotatable bonds is 4. The topological polar surface area (TPSA) is 61.0 Å². The first-order valence-electron chi connectivity index (χ1n) is 8.60. The predicted molar refractivity (Wildman–Crippen MR) is 91.0 cm³/mol. The highest BCUT2D eigenvalue weighted by molar-refractivity contribution is 5.80. The number of fused-ring (bicyclic) bond motifs is 1. The van der Waals surface area contributed by atoms with Gasteiger partial charge in [-0.05, 0) is 26.0 Å². The van der Waals surface area contributed by atoms with Crippen molar-refractivity contribution in [2.75, 3.05) is 19.7 Å². The molecule has 0 atom stereocenters. The number of ether oxygens (including phenoxy) is 1. The Morgan fingerprint density at radius 1 is 1.29 bits per heavy atom. The van der Waals surface area contributed by atoms with E-state index in [1.54, 1.807) is 6.07 Å². The second kappa shape index (κ2) is 7.18. The van der Waals surface area contributed by atoms with Crippen LogP contribution in [0.5, 0.6) is 0 Å². The number of esters is 1. The lowest BCUT2D eigenvalue weighted by Crippen LogP contribution is -3.11. The van der Waals surface area contributed by atoms with Crippen LogP contribution in [0, 0.1) is 12.8 Å². The molecule has 5 heteroatoms. The number of hydrogen-bond donors (Lipinski definition) is 1. The smallest absolute Gasteiger partial charge is 0.336 e. The number of nitrogens with one attached hydrogen (secondary N) is 1. The maximum atomic E-state index is 11.8. The molecule has 0 bridgehead atoms. The molecule has 1 aromatic carbocycles. The van der Waals surface area contributed by atoms with Gasteiger partial charge < -0.3 is 14.1 Å². The van der Waals surface area contributed by atoms with Crippen molar-refractivity contribution in [1.29, 1.82) is 0 Å². The molecule has 1 aromatic heterocycles. The Balaban J connectivity index is 1.73. The molecule has 0 radical (unpaired) electrons. The summed E-state index contributed by atoms with van der Waals surface area (Å²) in [6, 6.07) is 7.48. The molecule has 3 rings (SSSR count). The van der Waals surface area contributed by atoms with Gasteiger partial charge in [-0.15, -0.1) is 0 Å². The van der Waals surface area contributed by atoms with Crippen LogP contribution in [-0.2, 0) is 16.1 Å². The van der Waals surface area contributed by atoms with E-state index in [1.165, 1.54) is 4.90 Å². The molecule has 128 valence electrons. The zero-order valence-corrected chi connectivity index (χ0v) is 14.3. The molecule has 1 N–H and O–H groups in total.